The number of aryl methyl sites for hydroxylation is 1. The van der Waals surface area contributed by atoms with Crippen molar-refractivity contribution in [3.8, 4) is 0 Å². The topological polar surface area (TPSA) is 64.6 Å². The van der Waals surface area contributed by atoms with Crippen LogP contribution in [-0.4, -0.2) is 39.1 Å². The Morgan fingerprint density at radius 2 is 1.85 bits per heavy atom. The standard InChI is InChI=1S/C21H33NO4S/c1-20(2,25-5)13-15-26-21(3,4)14-16-27(23,24)22-19-12-8-10-17-9-6-7-11-18(17)19/h7-8,10-12,22H,6,9,13-16H2,1-5H3. The maximum Gasteiger partial charge on any atom is 0.232 e. The van der Waals surface area contributed by atoms with Crippen molar-refractivity contribution >= 4 is 21.8 Å². The third kappa shape index (κ3) is 6.94. The van der Waals surface area contributed by atoms with Crippen LogP contribution in [0.3, 0.4) is 0 Å². The average molecular weight is 396 g/mol. The third-order valence-electron chi connectivity index (χ3n) is 5.05. The van der Waals surface area contributed by atoms with E-state index in [-0.39, 0.29) is 11.4 Å². The molecule has 0 radical (unpaired) electrons. The molecule has 0 aliphatic heterocycles. The van der Waals surface area contributed by atoms with Gasteiger partial charge in [0.15, 0.2) is 0 Å². The summed E-state index contributed by atoms with van der Waals surface area (Å²) in [5, 5.41) is 0. The van der Waals surface area contributed by atoms with Crippen LogP contribution in [0.25, 0.3) is 6.08 Å². The van der Waals surface area contributed by atoms with E-state index in [4.69, 9.17) is 9.47 Å². The molecule has 1 N–H and O–H groups in total. The molecule has 0 unspecified atom stereocenters. The molecule has 2 rings (SSSR count). The number of fused-ring (bicyclic) bond motifs is 1. The van der Waals surface area contributed by atoms with Gasteiger partial charge in [-0.1, -0.05) is 24.3 Å². The number of benzene rings is 1. The molecule has 0 bridgehead atoms. The molecule has 0 aromatic heterocycles. The van der Waals surface area contributed by atoms with Crippen molar-refractivity contribution in [3.63, 3.8) is 0 Å². The Labute approximate surface area is 164 Å². The molecule has 1 aromatic carbocycles. The van der Waals surface area contributed by atoms with E-state index in [2.05, 4.69) is 16.9 Å². The van der Waals surface area contributed by atoms with Crippen LogP contribution < -0.4 is 4.72 Å². The molecular weight excluding hydrogens is 362 g/mol. The summed E-state index contributed by atoms with van der Waals surface area (Å²) in [6.07, 6.45) is 7.19. The molecular formula is C21H33NO4S. The molecule has 0 atom stereocenters. The summed E-state index contributed by atoms with van der Waals surface area (Å²) >= 11 is 0. The fourth-order valence-corrected chi connectivity index (χ4v) is 4.28. The predicted octanol–water partition coefficient (Wildman–Crippen LogP) is 4.39. The molecule has 0 saturated heterocycles. The van der Waals surface area contributed by atoms with Gasteiger partial charge in [0.2, 0.25) is 10.0 Å². The normalized spacial score (nSPS) is 14.9. The molecule has 0 fully saturated rings. The van der Waals surface area contributed by atoms with Crippen molar-refractivity contribution in [2.75, 3.05) is 24.2 Å². The van der Waals surface area contributed by atoms with Crippen LogP contribution in [0, 0.1) is 0 Å². The van der Waals surface area contributed by atoms with E-state index in [1.165, 1.54) is 5.56 Å². The van der Waals surface area contributed by atoms with Crippen LogP contribution in [0.15, 0.2) is 24.3 Å². The largest absolute Gasteiger partial charge is 0.379 e. The minimum Gasteiger partial charge on any atom is -0.379 e. The third-order valence-corrected chi connectivity index (χ3v) is 6.32. The summed E-state index contributed by atoms with van der Waals surface area (Å²) in [5.41, 5.74) is 2.05. The molecule has 1 aliphatic rings. The van der Waals surface area contributed by atoms with Crippen molar-refractivity contribution in [1.29, 1.82) is 0 Å². The van der Waals surface area contributed by atoms with Gasteiger partial charge in [0, 0.05) is 12.7 Å². The molecule has 27 heavy (non-hydrogen) atoms. The molecule has 0 spiro atoms. The van der Waals surface area contributed by atoms with E-state index in [0.29, 0.717) is 18.7 Å². The molecule has 5 nitrogen and oxygen atoms in total. The van der Waals surface area contributed by atoms with E-state index in [0.717, 1.165) is 24.8 Å². The number of methoxy groups -OCH3 is 1. The smallest absolute Gasteiger partial charge is 0.232 e. The zero-order valence-corrected chi connectivity index (χ0v) is 18.0. The minimum atomic E-state index is -3.45. The SMILES string of the molecule is COC(C)(C)CCOC(C)(C)CCS(=O)(=O)Nc1cccc2c1C=CCC2. The summed E-state index contributed by atoms with van der Waals surface area (Å²) in [5.74, 6) is 0.0149. The first kappa shape index (κ1) is 21.9. The van der Waals surface area contributed by atoms with Gasteiger partial charge in [-0.25, -0.2) is 8.42 Å². The van der Waals surface area contributed by atoms with Crippen molar-refractivity contribution in [1.82, 2.24) is 0 Å². The Morgan fingerprint density at radius 3 is 2.56 bits per heavy atom. The zero-order chi connectivity index (χ0) is 20.1. The number of nitrogens with one attached hydrogen (secondary N) is 1. The maximum atomic E-state index is 12.6. The van der Waals surface area contributed by atoms with E-state index >= 15 is 0 Å². The average Bonchev–Trinajstić information content (AvgIpc) is 2.60. The highest BCUT2D eigenvalue weighted by atomic mass is 32.2. The van der Waals surface area contributed by atoms with Gasteiger partial charge in [0.25, 0.3) is 0 Å². The summed E-state index contributed by atoms with van der Waals surface area (Å²) in [6, 6.07) is 5.77. The van der Waals surface area contributed by atoms with Gasteiger partial charge in [0.05, 0.1) is 29.2 Å². The minimum absolute atomic E-state index is 0.0149. The molecule has 152 valence electrons. The second kappa shape index (κ2) is 8.76. The Hall–Kier alpha value is -1.37. The van der Waals surface area contributed by atoms with Gasteiger partial charge in [-0.2, -0.15) is 0 Å². The number of hydrogen-bond acceptors (Lipinski definition) is 4. The molecule has 0 amide bonds. The lowest BCUT2D eigenvalue weighted by Gasteiger charge is -2.29. The lowest BCUT2D eigenvalue weighted by Crippen LogP contribution is -2.32. The van der Waals surface area contributed by atoms with Gasteiger partial charge >= 0.3 is 0 Å². The zero-order valence-electron chi connectivity index (χ0n) is 17.2. The number of anilines is 1. The Bertz CT molecular complexity index is 766. The lowest BCUT2D eigenvalue weighted by atomic mass is 9.96. The van der Waals surface area contributed by atoms with Gasteiger partial charge in [-0.05, 0) is 65.0 Å². The van der Waals surface area contributed by atoms with E-state index in [9.17, 15) is 8.42 Å². The van der Waals surface area contributed by atoms with E-state index < -0.39 is 15.6 Å². The number of ether oxygens (including phenoxy) is 2. The maximum absolute atomic E-state index is 12.6. The quantitative estimate of drug-likeness (QED) is 0.638. The van der Waals surface area contributed by atoms with E-state index in [1.54, 1.807) is 7.11 Å². The summed E-state index contributed by atoms with van der Waals surface area (Å²) in [6.45, 7) is 8.39. The first-order valence-electron chi connectivity index (χ1n) is 9.52. The number of hydrogen-bond donors (Lipinski definition) is 1. The molecule has 0 saturated carbocycles. The van der Waals surface area contributed by atoms with Crippen LogP contribution >= 0.6 is 0 Å². The molecule has 0 heterocycles. The monoisotopic (exact) mass is 395 g/mol. The second-order valence-corrected chi connectivity index (χ2v) is 10.2. The van der Waals surface area contributed by atoms with Crippen LogP contribution in [0.5, 0.6) is 0 Å². The summed E-state index contributed by atoms with van der Waals surface area (Å²) < 4.78 is 39.3. The Kier molecular flexibility index (Phi) is 7.11. The molecule has 1 aromatic rings. The van der Waals surface area contributed by atoms with Crippen LogP contribution in [0.2, 0.25) is 0 Å². The van der Waals surface area contributed by atoms with E-state index in [1.807, 2.05) is 45.9 Å². The van der Waals surface area contributed by atoms with Crippen LogP contribution in [0.1, 0.15) is 58.1 Å². The fraction of sp³-hybridized carbons (Fsp3) is 0.619. The highest BCUT2D eigenvalue weighted by Gasteiger charge is 2.25. The van der Waals surface area contributed by atoms with Gasteiger partial charge in [-0.3, -0.25) is 4.72 Å². The van der Waals surface area contributed by atoms with Gasteiger partial charge < -0.3 is 9.47 Å². The van der Waals surface area contributed by atoms with Crippen molar-refractivity contribution in [2.45, 2.75) is 64.6 Å². The van der Waals surface area contributed by atoms with Crippen molar-refractivity contribution in [3.05, 3.63) is 35.4 Å². The van der Waals surface area contributed by atoms with Gasteiger partial charge in [0.1, 0.15) is 0 Å². The van der Waals surface area contributed by atoms with Crippen molar-refractivity contribution < 1.29 is 17.9 Å². The highest BCUT2D eigenvalue weighted by Crippen LogP contribution is 2.28. The van der Waals surface area contributed by atoms with Crippen molar-refractivity contribution in [2.24, 2.45) is 0 Å². The van der Waals surface area contributed by atoms with Gasteiger partial charge in [-0.15, -0.1) is 0 Å². The Balaban J connectivity index is 1.92. The van der Waals surface area contributed by atoms with Crippen LogP contribution in [0.4, 0.5) is 5.69 Å². The number of sulfonamides is 1. The predicted molar refractivity (Wildman–Crippen MR) is 112 cm³/mol. The molecule has 6 heteroatoms. The van der Waals surface area contributed by atoms with Crippen LogP contribution in [-0.2, 0) is 25.9 Å². The second-order valence-electron chi connectivity index (χ2n) is 8.31. The Morgan fingerprint density at radius 1 is 1.11 bits per heavy atom. The number of allylic oxidation sites excluding steroid dienone is 1. The highest BCUT2D eigenvalue weighted by molar-refractivity contribution is 7.92. The number of rotatable bonds is 10. The summed E-state index contributed by atoms with van der Waals surface area (Å²) in [7, 11) is -1.77. The molecule has 1 aliphatic carbocycles. The first-order valence-corrected chi connectivity index (χ1v) is 11.2. The fourth-order valence-electron chi connectivity index (χ4n) is 2.90. The first-order chi connectivity index (χ1) is 12.5. The summed E-state index contributed by atoms with van der Waals surface area (Å²) in [4.78, 5) is 0. The lowest BCUT2D eigenvalue weighted by molar-refractivity contribution is -0.0588.